The van der Waals surface area contributed by atoms with E-state index in [-0.39, 0.29) is 35.3 Å². The summed E-state index contributed by atoms with van der Waals surface area (Å²) in [6.07, 6.45) is -1.36. The fourth-order valence-corrected chi connectivity index (χ4v) is 6.71. The van der Waals surface area contributed by atoms with Gasteiger partial charge >= 0.3 is 0 Å². The number of carbonyl (C=O) groups excluding carboxylic acids is 1. The molecule has 0 saturated carbocycles. The van der Waals surface area contributed by atoms with Gasteiger partial charge in [0.2, 0.25) is 15.9 Å². The molecule has 0 spiro atoms. The van der Waals surface area contributed by atoms with Crippen LogP contribution in [0.5, 0.6) is 5.75 Å². The highest BCUT2D eigenvalue weighted by Crippen LogP contribution is 2.32. The molecule has 12 heteroatoms. The standard InChI is InChI=1S/C15H23N3O7S2/c1-10(19)17-11-3-4-14(25-2)15(7-11)27(23,24)18(6-5-16)12-8-26(21,22)9-13(12)20/h3-4,7,12-13,20H,5-6,8-9,16H2,1-2H3,(H,17,19)/t12-,13+/m0/s1. The molecule has 4 N–H and O–H groups in total. The number of anilines is 1. The van der Waals surface area contributed by atoms with Crippen LogP contribution in [-0.4, -0.2) is 76.0 Å². The number of rotatable bonds is 7. The monoisotopic (exact) mass is 421 g/mol. The molecule has 1 aliphatic rings. The van der Waals surface area contributed by atoms with Crippen molar-refractivity contribution in [2.24, 2.45) is 5.73 Å². The molecule has 2 rings (SSSR count). The second-order valence-electron chi connectivity index (χ2n) is 6.16. The molecule has 0 aromatic heterocycles. The van der Waals surface area contributed by atoms with Crippen LogP contribution in [0.15, 0.2) is 23.1 Å². The van der Waals surface area contributed by atoms with E-state index in [0.717, 1.165) is 4.31 Å². The summed E-state index contributed by atoms with van der Waals surface area (Å²) >= 11 is 0. The van der Waals surface area contributed by atoms with Gasteiger partial charge in [-0.2, -0.15) is 4.31 Å². The Morgan fingerprint density at radius 1 is 1.41 bits per heavy atom. The topological polar surface area (TPSA) is 156 Å². The molecule has 10 nitrogen and oxygen atoms in total. The Labute approximate surface area is 158 Å². The Kier molecular flexibility index (Phi) is 6.47. The highest BCUT2D eigenvalue weighted by Gasteiger charge is 2.45. The molecule has 1 fully saturated rings. The number of sulfonamides is 1. The van der Waals surface area contributed by atoms with E-state index in [0.29, 0.717) is 0 Å². The molecule has 1 aromatic carbocycles. The molecular formula is C15H23N3O7S2. The highest BCUT2D eigenvalue weighted by atomic mass is 32.2. The van der Waals surface area contributed by atoms with Crippen LogP contribution in [0.3, 0.4) is 0 Å². The van der Waals surface area contributed by atoms with E-state index in [4.69, 9.17) is 10.5 Å². The third-order valence-corrected chi connectivity index (χ3v) is 7.73. The van der Waals surface area contributed by atoms with E-state index >= 15 is 0 Å². The summed E-state index contributed by atoms with van der Waals surface area (Å²) in [6.45, 7) is 1.02. The molecule has 152 valence electrons. The lowest BCUT2D eigenvalue weighted by Crippen LogP contribution is -2.48. The number of amides is 1. The van der Waals surface area contributed by atoms with E-state index in [1.807, 2.05) is 0 Å². The fraction of sp³-hybridized carbons (Fsp3) is 0.533. The van der Waals surface area contributed by atoms with Crippen LogP contribution in [0.25, 0.3) is 0 Å². The molecule has 0 bridgehead atoms. The summed E-state index contributed by atoms with van der Waals surface area (Å²) in [6, 6.07) is 2.91. The smallest absolute Gasteiger partial charge is 0.247 e. The van der Waals surface area contributed by atoms with Crippen molar-refractivity contribution in [1.82, 2.24) is 4.31 Å². The lowest BCUT2D eigenvalue weighted by molar-refractivity contribution is -0.114. The number of benzene rings is 1. The fourth-order valence-electron chi connectivity index (χ4n) is 2.96. The molecular weight excluding hydrogens is 398 g/mol. The van der Waals surface area contributed by atoms with Crippen LogP contribution in [0.2, 0.25) is 0 Å². The number of aliphatic hydroxyl groups is 1. The minimum absolute atomic E-state index is 0.0152. The zero-order chi connectivity index (χ0) is 20.4. The second kappa shape index (κ2) is 8.10. The molecule has 1 amide bonds. The van der Waals surface area contributed by atoms with Crippen molar-refractivity contribution in [1.29, 1.82) is 0 Å². The van der Waals surface area contributed by atoms with Gasteiger partial charge in [0.15, 0.2) is 9.84 Å². The highest BCUT2D eigenvalue weighted by molar-refractivity contribution is 7.92. The number of nitrogens with one attached hydrogen (secondary N) is 1. The van der Waals surface area contributed by atoms with Crippen molar-refractivity contribution in [3.63, 3.8) is 0 Å². The van der Waals surface area contributed by atoms with E-state index in [9.17, 15) is 26.7 Å². The minimum atomic E-state index is -4.28. The largest absolute Gasteiger partial charge is 0.495 e. The summed E-state index contributed by atoms with van der Waals surface area (Å²) in [5, 5.41) is 12.6. The van der Waals surface area contributed by atoms with E-state index in [1.165, 1.54) is 32.2 Å². The molecule has 1 saturated heterocycles. The van der Waals surface area contributed by atoms with Gasteiger partial charge in [-0.3, -0.25) is 4.79 Å². The number of methoxy groups -OCH3 is 1. The number of aliphatic hydroxyl groups excluding tert-OH is 1. The van der Waals surface area contributed by atoms with Crippen molar-refractivity contribution in [2.75, 3.05) is 37.0 Å². The maximum absolute atomic E-state index is 13.3. The molecule has 1 aliphatic heterocycles. The third kappa shape index (κ3) is 4.76. The van der Waals surface area contributed by atoms with Crippen LogP contribution < -0.4 is 15.8 Å². The van der Waals surface area contributed by atoms with Gasteiger partial charge in [-0.1, -0.05) is 0 Å². The number of carbonyl (C=O) groups is 1. The predicted molar refractivity (Wildman–Crippen MR) is 98.7 cm³/mol. The molecule has 2 atom stereocenters. The molecule has 1 heterocycles. The Balaban J connectivity index is 2.54. The van der Waals surface area contributed by atoms with Gasteiger partial charge in [0, 0.05) is 25.7 Å². The van der Waals surface area contributed by atoms with Gasteiger partial charge in [-0.05, 0) is 18.2 Å². The summed E-state index contributed by atoms with van der Waals surface area (Å²) < 4.78 is 56.2. The van der Waals surface area contributed by atoms with Crippen LogP contribution in [0, 0.1) is 0 Å². The number of nitrogens with zero attached hydrogens (tertiary/aromatic N) is 1. The summed E-state index contributed by atoms with van der Waals surface area (Å²) in [5.74, 6) is -1.39. The summed E-state index contributed by atoms with van der Waals surface area (Å²) in [5.41, 5.74) is 5.76. The average molecular weight is 421 g/mol. The quantitative estimate of drug-likeness (QED) is 0.494. The average Bonchev–Trinajstić information content (AvgIpc) is 2.84. The lowest BCUT2D eigenvalue weighted by atomic mass is 10.2. The minimum Gasteiger partial charge on any atom is -0.495 e. The summed E-state index contributed by atoms with van der Waals surface area (Å²) in [7, 11) is -6.57. The number of sulfone groups is 1. The maximum atomic E-state index is 13.3. The first-order valence-electron chi connectivity index (χ1n) is 8.08. The number of nitrogens with two attached hydrogens (primary N) is 1. The van der Waals surface area contributed by atoms with Gasteiger partial charge in [0.25, 0.3) is 0 Å². The van der Waals surface area contributed by atoms with Crippen molar-refractivity contribution < 1.29 is 31.5 Å². The molecule has 1 aromatic rings. The van der Waals surface area contributed by atoms with Gasteiger partial charge in [0.05, 0.1) is 30.8 Å². The molecule has 27 heavy (non-hydrogen) atoms. The number of ether oxygens (including phenoxy) is 1. The van der Waals surface area contributed by atoms with Crippen LogP contribution in [-0.2, 0) is 24.7 Å². The maximum Gasteiger partial charge on any atom is 0.247 e. The van der Waals surface area contributed by atoms with Crippen LogP contribution in [0.1, 0.15) is 6.92 Å². The first-order valence-corrected chi connectivity index (χ1v) is 11.3. The first-order chi connectivity index (χ1) is 12.5. The zero-order valence-corrected chi connectivity index (χ0v) is 16.6. The first kappa shape index (κ1) is 21.6. The Morgan fingerprint density at radius 2 is 2.07 bits per heavy atom. The zero-order valence-electron chi connectivity index (χ0n) is 15.0. The van der Waals surface area contributed by atoms with E-state index < -0.39 is 43.5 Å². The molecule has 0 unspecified atom stereocenters. The van der Waals surface area contributed by atoms with Crippen molar-refractivity contribution in [2.45, 2.75) is 24.0 Å². The lowest BCUT2D eigenvalue weighted by Gasteiger charge is -2.29. The Bertz CT molecular complexity index is 915. The van der Waals surface area contributed by atoms with Gasteiger partial charge in [0.1, 0.15) is 10.6 Å². The normalized spacial score (nSPS) is 22.0. The number of hydrogen-bond acceptors (Lipinski definition) is 8. The molecule has 0 radical (unpaired) electrons. The van der Waals surface area contributed by atoms with E-state index in [2.05, 4.69) is 5.32 Å². The van der Waals surface area contributed by atoms with Gasteiger partial charge in [-0.15, -0.1) is 0 Å². The Hall–Kier alpha value is -1.73. The molecule has 0 aliphatic carbocycles. The van der Waals surface area contributed by atoms with Gasteiger partial charge < -0.3 is 20.9 Å². The second-order valence-corrected chi connectivity index (χ2v) is 10.2. The van der Waals surface area contributed by atoms with Crippen molar-refractivity contribution in [3.8, 4) is 5.75 Å². The predicted octanol–water partition coefficient (Wildman–Crippen LogP) is -1.24. The van der Waals surface area contributed by atoms with E-state index in [1.54, 1.807) is 0 Å². The van der Waals surface area contributed by atoms with Crippen molar-refractivity contribution in [3.05, 3.63) is 18.2 Å². The van der Waals surface area contributed by atoms with Crippen LogP contribution in [0.4, 0.5) is 5.69 Å². The third-order valence-electron chi connectivity index (χ3n) is 4.08. The van der Waals surface area contributed by atoms with Crippen LogP contribution >= 0.6 is 0 Å². The van der Waals surface area contributed by atoms with Crippen molar-refractivity contribution >= 4 is 31.5 Å². The number of hydrogen-bond donors (Lipinski definition) is 3. The summed E-state index contributed by atoms with van der Waals surface area (Å²) in [4.78, 5) is 11.0. The Morgan fingerprint density at radius 3 is 2.56 bits per heavy atom. The van der Waals surface area contributed by atoms with Gasteiger partial charge in [-0.25, -0.2) is 16.8 Å². The SMILES string of the molecule is COc1ccc(NC(C)=O)cc1S(=O)(=O)N(CCN)[C@H]1CS(=O)(=O)C[C@H]1O.